The molecule has 176 valence electrons. The molecule has 3 aromatic carbocycles. The van der Waals surface area contributed by atoms with Crippen LogP contribution in [0.25, 0.3) is 10.8 Å². The predicted molar refractivity (Wildman–Crippen MR) is 141 cm³/mol. The van der Waals surface area contributed by atoms with Gasteiger partial charge >= 0.3 is 0 Å². The number of anilines is 1. The molecule has 0 radical (unpaired) electrons. The fourth-order valence-corrected chi connectivity index (χ4v) is 5.28. The monoisotopic (exact) mass is 475 g/mol. The molecule has 0 aromatic heterocycles. The maximum atomic E-state index is 11.2. The van der Waals surface area contributed by atoms with Crippen molar-refractivity contribution in [3.05, 3.63) is 96.7 Å². The molecule has 34 heavy (non-hydrogen) atoms. The van der Waals surface area contributed by atoms with E-state index in [2.05, 4.69) is 66.2 Å². The Bertz CT molecular complexity index is 1370. The fourth-order valence-electron chi connectivity index (χ4n) is 4.71. The van der Waals surface area contributed by atoms with Gasteiger partial charge < -0.3 is 5.32 Å². The molecule has 1 aliphatic rings. The molecule has 1 aliphatic heterocycles. The first-order valence-electron chi connectivity index (χ1n) is 11.5. The van der Waals surface area contributed by atoms with Gasteiger partial charge in [-0.2, -0.15) is 13.0 Å². The number of unbranched alkanes of at least 4 members (excludes halogenated alkanes) is 1. The van der Waals surface area contributed by atoms with Gasteiger partial charge in [-0.15, -0.1) is 0 Å². The summed E-state index contributed by atoms with van der Waals surface area (Å²) in [6, 6.07) is 22.7. The third-order valence-corrected chi connectivity index (χ3v) is 7.08. The first-order chi connectivity index (χ1) is 16.3. The highest BCUT2D eigenvalue weighted by Crippen LogP contribution is 2.44. The zero-order chi connectivity index (χ0) is 24.2. The van der Waals surface area contributed by atoms with Crippen LogP contribution in [0.3, 0.4) is 0 Å². The van der Waals surface area contributed by atoms with Gasteiger partial charge in [0.25, 0.3) is 10.1 Å². The SMILES string of the molecule is CC1(C)C(/C=C/C=C/Nc2ccccc2)=[N+](CCCCS(=O)(=O)O)c2ccc3ccccc3c21. The van der Waals surface area contributed by atoms with Gasteiger partial charge in [-0.1, -0.05) is 48.5 Å². The zero-order valence-electron chi connectivity index (χ0n) is 19.6. The van der Waals surface area contributed by atoms with Crippen LogP contribution < -0.4 is 5.32 Å². The third-order valence-electron chi connectivity index (χ3n) is 6.27. The molecular formula is C28H31N2O3S+. The highest BCUT2D eigenvalue weighted by Gasteiger charge is 2.45. The Morgan fingerprint density at radius 2 is 1.68 bits per heavy atom. The van der Waals surface area contributed by atoms with Crippen LogP contribution in [-0.4, -0.2) is 35.6 Å². The quantitative estimate of drug-likeness (QED) is 0.171. The molecule has 5 nitrogen and oxygen atoms in total. The number of para-hydroxylation sites is 1. The molecule has 6 heteroatoms. The third kappa shape index (κ3) is 5.29. The standard InChI is InChI=1S/C28H30N2O3S/c1-28(2)26(16-8-9-19-29-23-13-4-3-5-14-23)30(20-10-11-21-34(31,32)33)25-18-17-22-12-6-7-15-24(22)27(25)28/h3-9,12-19H,10-11,20-21H2,1-2H3,(H,31,32,33)/p+1. The van der Waals surface area contributed by atoms with Crippen LogP contribution in [0.15, 0.2) is 91.2 Å². The molecule has 4 rings (SSSR count). The van der Waals surface area contributed by atoms with E-state index in [9.17, 15) is 8.42 Å². The fraction of sp³-hybridized carbons (Fsp3) is 0.250. The summed E-state index contributed by atoms with van der Waals surface area (Å²) in [4.78, 5) is 0. The number of allylic oxidation sites excluding steroid dienone is 3. The molecule has 0 bridgehead atoms. The van der Waals surface area contributed by atoms with E-state index < -0.39 is 10.1 Å². The van der Waals surface area contributed by atoms with Crippen molar-refractivity contribution in [1.82, 2.24) is 0 Å². The molecule has 2 N–H and O–H groups in total. The largest absolute Gasteiger partial charge is 0.362 e. The summed E-state index contributed by atoms with van der Waals surface area (Å²) in [5.74, 6) is -0.214. The highest BCUT2D eigenvalue weighted by atomic mass is 32.2. The average Bonchev–Trinajstić information content (AvgIpc) is 3.03. The second kappa shape index (κ2) is 9.95. The van der Waals surface area contributed by atoms with Crippen molar-refractivity contribution < 1.29 is 17.5 Å². The van der Waals surface area contributed by atoms with Crippen molar-refractivity contribution in [2.24, 2.45) is 0 Å². The molecule has 3 aromatic rings. The Labute approximate surface area is 201 Å². The van der Waals surface area contributed by atoms with Crippen molar-refractivity contribution in [2.45, 2.75) is 32.1 Å². The normalized spacial score (nSPS) is 15.5. The van der Waals surface area contributed by atoms with Crippen LogP contribution in [0.5, 0.6) is 0 Å². The topological polar surface area (TPSA) is 69.4 Å². The van der Waals surface area contributed by atoms with Crippen LogP contribution in [0.1, 0.15) is 32.3 Å². The average molecular weight is 476 g/mol. The Kier molecular flexibility index (Phi) is 7.00. The van der Waals surface area contributed by atoms with E-state index in [1.807, 2.05) is 48.7 Å². The van der Waals surface area contributed by atoms with Gasteiger partial charge in [-0.25, -0.2) is 0 Å². The predicted octanol–water partition coefficient (Wildman–Crippen LogP) is 6.07. The van der Waals surface area contributed by atoms with E-state index >= 15 is 0 Å². The lowest BCUT2D eigenvalue weighted by molar-refractivity contribution is -0.438. The van der Waals surface area contributed by atoms with Gasteiger partial charge in [0, 0.05) is 36.0 Å². The molecule has 0 aliphatic carbocycles. The molecule has 0 amide bonds. The minimum atomic E-state index is -3.94. The highest BCUT2D eigenvalue weighted by molar-refractivity contribution is 7.85. The van der Waals surface area contributed by atoms with Crippen LogP contribution in [-0.2, 0) is 15.5 Å². The second-order valence-electron chi connectivity index (χ2n) is 9.06. The number of hydrogen-bond acceptors (Lipinski definition) is 3. The van der Waals surface area contributed by atoms with E-state index in [0.717, 1.165) is 17.1 Å². The maximum absolute atomic E-state index is 11.2. The minimum absolute atomic E-state index is 0.214. The van der Waals surface area contributed by atoms with Crippen LogP contribution in [0.2, 0.25) is 0 Å². The van der Waals surface area contributed by atoms with Crippen LogP contribution in [0, 0.1) is 0 Å². The van der Waals surface area contributed by atoms with Crippen molar-refractivity contribution in [2.75, 3.05) is 17.6 Å². The number of benzene rings is 3. The van der Waals surface area contributed by atoms with Crippen LogP contribution >= 0.6 is 0 Å². The summed E-state index contributed by atoms with van der Waals surface area (Å²) in [6.45, 7) is 5.15. The summed E-state index contributed by atoms with van der Waals surface area (Å²) >= 11 is 0. The molecule has 0 unspecified atom stereocenters. The molecule has 0 saturated carbocycles. The Balaban J connectivity index is 1.64. The number of hydrogen-bond donors (Lipinski definition) is 2. The smallest absolute Gasteiger partial charge is 0.264 e. The number of rotatable bonds is 9. The molecule has 0 saturated heterocycles. The first kappa shape index (κ1) is 23.9. The first-order valence-corrected chi connectivity index (χ1v) is 13.2. The summed E-state index contributed by atoms with van der Waals surface area (Å²) in [7, 11) is -3.94. The number of nitrogens with one attached hydrogen (secondary N) is 1. The Hall–Kier alpha value is -3.22. The molecule has 0 fully saturated rings. The Morgan fingerprint density at radius 1 is 0.941 bits per heavy atom. The zero-order valence-corrected chi connectivity index (χ0v) is 20.4. The summed E-state index contributed by atoms with van der Waals surface area (Å²) in [6.07, 6.45) is 9.13. The Morgan fingerprint density at radius 3 is 2.44 bits per heavy atom. The van der Waals surface area contributed by atoms with Gasteiger partial charge in [-0.3, -0.25) is 4.55 Å². The van der Waals surface area contributed by atoms with Crippen molar-refractivity contribution >= 4 is 38.0 Å². The molecule has 1 heterocycles. The van der Waals surface area contributed by atoms with Gasteiger partial charge in [0.05, 0.1) is 11.2 Å². The van der Waals surface area contributed by atoms with Gasteiger partial charge in [-0.05, 0) is 55.3 Å². The lowest BCUT2D eigenvalue weighted by Crippen LogP contribution is -2.28. The van der Waals surface area contributed by atoms with Gasteiger partial charge in [0.2, 0.25) is 5.69 Å². The second-order valence-corrected chi connectivity index (χ2v) is 10.6. The van der Waals surface area contributed by atoms with E-state index in [1.54, 1.807) is 0 Å². The van der Waals surface area contributed by atoms with Crippen molar-refractivity contribution in [1.29, 1.82) is 0 Å². The van der Waals surface area contributed by atoms with E-state index in [1.165, 1.54) is 16.3 Å². The van der Waals surface area contributed by atoms with Crippen LogP contribution in [0.4, 0.5) is 11.4 Å². The van der Waals surface area contributed by atoms with E-state index in [4.69, 9.17) is 4.55 Å². The van der Waals surface area contributed by atoms with E-state index in [-0.39, 0.29) is 11.2 Å². The summed E-state index contributed by atoms with van der Waals surface area (Å²) < 4.78 is 33.7. The van der Waals surface area contributed by atoms with Crippen molar-refractivity contribution in [3.8, 4) is 0 Å². The number of nitrogens with zero attached hydrogens (tertiary/aromatic N) is 1. The summed E-state index contributed by atoms with van der Waals surface area (Å²) in [5.41, 5.74) is 4.40. The summed E-state index contributed by atoms with van der Waals surface area (Å²) in [5, 5.41) is 5.70. The maximum Gasteiger partial charge on any atom is 0.264 e. The minimum Gasteiger partial charge on any atom is -0.362 e. The molecule has 0 spiro atoms. The van der Waals surface area contributed by atoms with Gasteiger partial charge in [0.1, 0.15) is 6.54 Å². The molecule has 0 atom stereocenters. The number of fused-ring (bicyclic) bond motifs is 3. The lowest BCUT2D eigenvalue weighted by Gasteiger charge is -2.17. The van der Waals surface area contributed by atoms with Gasteiger partial charge in [0.15, 0.2) is 5.71 Å². The van der Waals surface area contributed by atoms with Crippen molar-refractivity contribution in [3.63, 3.8) is 0 Å². The van der Waals surface area contributed by atoms with E-state index in [0.29, 0.717) is 19.4 Å². The lowest BCUT2D eigenvalue weighted by atomic mass is 9.79. The molecular weight excluding hydrogens is 444 g/mol.